The van der Waals surface area contributed by atoms with Gasteiger partial charge in [-0.2, -0.15) is 0 Å². The van der Waals surface area contributed by atoms with Crippen LogP contribution in [0.15, 0.2) is 42.6 Å². The smallest absolute Gasteiger partial charge is 0.272 e. The summed E-state index contributed by atoms with van der Waals surface area (Å²) < 4.78 is 10.9. The molecule has 0 bridgehead atoms. The third kappa shape index (κ3) is 5.49. The molecule has 1 saturated heterocycles. The number of ether oxygens (including phenoxy) is 2. The van der Waals surface area contributed by atoms with Crippen LogP contribution in [-0.4, -0.2) is 66.5 Å². The van der Waals surface area contributed by atoms with Gasteiger partial charge in [0.1, 0.15) is 5.69 Å². The number of nitrogens with zero attached hydrogens (tertiary/aromatic N) is 3. The van der Waals surface area contributed by atoms with Gasteiger partial charge in [-0.15, -0.1) is 0 Å². The predicted molar refractivity (Wildman–Crippen MR) is 114 cm³/mol. The lowest BCUT2D eigenvalue weighted by Gasteiger charge is -2.22. The van der Waals surface area contributed by atoms with Crippen molar-refractivity contribution in [2.24, 2.45) is 0 Å². The summed E-state index contributed by atoms with van der Waals surface area (Å²) >= 11 is 0. The van der Waals surface area contributed by atoms with Crippen molar-refractivity contribution >= 4 is 11.8 Å². The zero-order valence-electron chi connectivity index (χ0n) is 17.7. The second-order valence-electron chi connectivity index (χ2n) is 7.16. The minimum Gasteiger partial charge on any atom is -0.493 e. The predicted octanol–water partition coefficient (Wildman–Crippen LogP) is 2.80. The second-order valence-corrected chi connectivity index (χ2v) is 7.16. The maximum Gasteiger partial charge on any atom is 0.272 e. The molecule has 7 heteroatoms. The topological polar surface area (TPSA) is 72.0 Å². The molecule has 7 nitrogen and oxygen atoms in total. The minimum absolute atomic E-state index is 0.0774. The lowest BCUT2D eigenvalue weighted by molar-refractivity contribution is -0.131. The molecule has 2 amide bonds. The van der Waals surface area contributed by atoms with Crippen molar-refractivity contribution in [3.8, 4) is 11.5 Å². The van der Waals surface area contributed by atoms with Gasteiger partial charge < -0.3 is 19.3 Å². The number of methoxy groups -OCH3 is 1. The molecule has 0 N–H and O–H groups in total. The van der Waals surface area contributed by atoms with Gasteiger partial charge in [-0.3, -0.25) is 14.6 Å². The molecule has 0 unspecified atom stereocenters. The fourth-order valence-electron chi connectivity index (χ4n) is 3.57. The molecular weight excluding hydrogens is 382 g/mol. The Balaban J connectivity index is 1.53. The Bertz CT molecular complexity index is 857. The van der Waals surface area contributed by atoms with Crippen LogP contribution in [0.4, 0.5) is 0 Å². The maximum absolute atomic E-state index is 12.7. The van der Waals surface area contributed by atoms with Gasteiger partial charge in [-0.05, 0) is 49.6 Å². The van der Waals surface area contributed by atoms with E-state index in [1.165, 1.54) is 0 Å². The van der Waals surface area contributed by atoms with Crippen molar-refractivity contribution < 1.29 is 19.1 Å². The zero-order valence-corrected chi connectivity index (χ0v) is 17.7. The number of hydrogen-bond acceptors (Lipinski definition) is 5. The van der Waals surface area contributed by atoms with Crippen LogP contribution < -0.4 is 9.47 Å². The molecule has 1 aromatic carbocycles. The van der Waals surface area contributed by atoms with Crippen molar-refractivity contribution in [3.05, 3.63) is 53.9 Å². The van der Waals surface area contributed by atoms with Crippen molar-refractivity contribution in [2.75, 3.05) is 39.9 Å². The van der Waals surface area contributed by atoms with Crippen molar-refractivity contribution in [3.63, 3.8) is 0 Å². The van der Waals surface area contributed by atoms with E-state index in [1.807, 2.05) is 36.1 Å². The van der Waals surface area contributed by atoms with Crippen LogP contribution in [0.3, 0.4) is 0 Å². The molecule has 1 fully saturated rings. The first kappa shape index (κ1) is 21.6. The highest BCUT2D eigenvalue weighted by Gasteiger charge is 2.23. The molecule has 160 valence electrons. The minimum atomic E-state index is -0.0774. The van der Waals surface area contributed by atoms with Gasteiger partial charge in [0.05, 0.1) is 13.7 Å². The highest BCUT2D eigenvalue weighted by molar-refractivity contribution is 5.92. The first-order valence-corrected chi connectivity index (χ1v) is 10.4. The molecule has 1 aliphatic rings. The molecule has 0 radical (unpaired) electrons. The molecule has 0 spiro atoms. The average Bonchev–Trinajstić information content (AvgIpc) is 3.05. The van der Waals surface area contributed by atoms with Crippen LogP contribution in [0.25, 0.3) is 0 Å². The van der Waals surface area contributed by atoms with Gasteiger partial charge >= 0.3 is 0 Å². The number of rotatable bonds is 7. The summed E-state index contributed by atoms with van der Waals surface area (Å²) in [4.78, 5) is 33.1. The van der Waals surface area contributed by atoms with E-state index >= 15 is 0 Å². The van der Waals surface area contributed by atoms with Gasteiger partial charge in [-0.1, -0.05) is 12.1 Å². The normalized spacial score (nSPS) is 14.2. The van der Waals surface area contributed by atoms with Crippen LogP contribution in [0, 0.1) is 0 Å². The standard InChI is InChI=1S/C23H29N3O4/c1-3-30-20-10-8-18(17-21(20)29-2)9-11-22(27)25-13-6-14-26(16-15-25)23(28)19-7-4-5-12-24-19/h4-5,7-8,10,12,17H,3,6,9,11,13-16H2,1-2H3. The number of aromatic nitrogens is 1. The zero-order chi connectivity index (χ0) is 21.3. The Morgan fingerprint density at radius 1 is 1.03 bits per heavy atom. The quantitative estimate of drug-likeness (QED) is 0.701. The van der Waals surface area contributed by atoms with Crippen LogP contribution >= 0.6 is 0 Å². The highest BCUT2D eigenvalue weighted by atomic mass is 16.5. The third-order valence-electron chi connectivity index (χ3n) is 5.18. The Labute approximate surface area is 177 Å². The van der Waals surface area contributed by atoms with Gasteiger partial charge in [-0.25, -0.2) is 0 Å². The van der Waals surface area contributed by atoms with Gasteiger partial charge in [0.2, 0.25) is 5.91 Å². The van der Waals surface area contributed by atoms with Gasteiger partial charge in [0, 0.05) is 38.8 Å². The van der Waals surface area contributed by atoms with E-state index in [9.17, 15) is 9.59 Å². The number of benzene rings is 1. The van der Waals surface area contributed by atoms with E-state index in [-0.39, 0.29) is 11.8 Å². The lowest BCUT2D eigenvalue weighted by Crippen LogP contribution is -2.37. The fourth-order valence-corrected chi connectivity index (χ4v) is 3.57. The maximum atomic E-state index is 12.7. The number of aryl methyl sites for hydroxylation is 1. The molecule has 0 saturated carbocycles. The number of pyridine rings is 1. The first-order chi connectivity index (χ1) is 14.6. The molecular formula is C23H29N3O4. The summed E-state index contributed by atoms with van der Waals surface area (Å²) in [7, 11) is 1.61. The Hall–Kier alpha value is -3.09. The van der Waals surface area contributed by atoms with E-state index in [2.05, 4.69) is 4.98 Å². The van der Waals surface area contributed by atoms with Gasteiger partial charge in [0.15, 0.2) is 11.5 Å². The van der Waals surface area contributed by atoms with E-state index in [1.54, 1.807) is 30.3 Å². The van der Waals surface area contributed by atoms with E-state index in [0.717, 1.165) is 12.0 Å². The summed E-state index contributed by atoms with van der Waals surface area (Å²) in [5.74, 6) is 1.42. The third-order valence-corrected chi connectivity index (χ3v) is 5.18. The summed E-state index contributed by atoms with van der Waals surface area (Å²) in [6.07, 6.45) is 3.44. The van der Waals surface area contributed by atoms with E-state index in [4.69, 9.17) is 9.47 Å². The number of carbonyl (C=O) groups excluding carboxylic acids is 2. The SMILES string of the molecule is CCOc1ccc(CCC(=O)N2CCCN(C(=O)c3ccccn3)CC2)cc1OC. The monoisotopic (exact) mass is 411 g/mol. The number of carbonyl (C=O) groups is 2. The average molecular weight is 412 g/mol. The largest absolute Gasteiger partial charge is 0.493 e. The molecule has 1 aromatic heterocycles. The molecule has 2 heterocycles. The van der Waals surface area contributed by atoms with Crippen LogP contribution in [0.5, 0.6) is 11.5 Å². The Kier molecular flexibility index (Phi) is 7.65. The Morgan fingerprint density at radius 3 is 2.57 bits per heavy atom. The summed E-state index contributed by atoms with van der Waals surface area (Å²) in [5, 5.41) is 0. The van der Waals surface area contributed by atoms with Crippen LogP contribution in [-0.2, 0) is 11.2 Å². The first-order valence-electron chi connectivity index (χ1n) is 10.4. The fraction of sp³-hybridized carbons (Fsp3) is 0.435. The molecule has 0 aliphatic carbocycles. The molecule has 2 aromatic rings. The second kappa shape index (κ2) is 10.6. The van der Waals surface area contributed by atoms with Crippen molar-refractivity contribution in [1.29, 1.82) is 0 Å². The summed E-state index contributed by atoms with van der Waals surface area (Å²) in [6, 6.07) is 11.1. The van der Waals surface area contributed by atoms with E-state index in [0.29, 0.717) is 62.8 Å². The van der Waals surface area contributed by atoms with Crippen molar-refractivity contribution in [1.82, 2.24) is 14.8 Å². The van der Waals surface area contributed by atoms with Crippen LogP contribution in [0.1, 0.15) is 35.8 Å². The molecule has 1 aliphatic heterocycles. The molecule has 3 rings (SSSR count). The molecule has 30 heavy (non-hydrogen) atoms. The van der Waals surface area contributed by atoms with Crippen molar-refractivity contribution in [2.45, 2.75) is 26.2 Å². The highest BCUT2D eigenvalue weighted by Crippen LogP contribution is 2.28. The summed E-state index contributed by atoms with van der Waals surface area (Å²) in [5.41, 5.74) is 1.48. The number of hydrogen-bond donors (Lipinski definition) is 0. The van der Waals surface area contributed by atoms with Crippen LogP contribution in [0.2, 0.25) is 0 Å². The summed E-state index contributed by atoms with van der Waals surface area (Å²) in [6.45, 7) is 4.87. The van der Waals surface area contributed by atoms with E-state index < -0.39 is 0 Å². The number of amides is 2. The van der Waals surface area contributed by atoms with Gasteiger partial charge in [0.25, 0.3) is 5.91 Å². The Morgan fingerprint density at radius 2 is 1.83 bits per heavy atom. The molecule has 0 atom stereocenters. The lowest BCUT2D eigenvalue weighted by atomic mass is 10.1.